The highest BCUT2D eigenvalue weighted by atomic mass is 127. The number of aliphatic carboxylic acids is 1. The number of carboxylic acids is 1. The first kappa shape index (κ1) is 22.8. The Morgan fingerprint density at radius 1 is 1.25 bits per heavy atom. The molecule has 5 nitrogen and oxygen atoms in total. The molecule has 168 valence electrons. The summed E-state index contributed by atoms with van der Waals surface area (Å²) in [4.78, 5) is 24.5. The summed E-state index contributed by atoms with van der Waals surface area (Å²) < 4.78 is 17.1. The van der Waals surface area contributed by atoms with Crippen molar-refractivity contribution in [3.8, 4) is 0 Å². The van der Waals surface area contributed by atoms with Gasteiger partial charge in [0.05, 0.1) is 0 Å². The van der Waals surface area contributed by atoms with Crippen LogP contribution in [0, 0.1) is 9.39 Å². The summed E-state index contributed by atoms with van der Waals surface area (Å²) in [5, 5.41) is 13.6. The SMILES string of the molecule is CCC(C(=O)O)n1c2c(c3cc(F)ccc31)CC(NC(=O)CCc1ccc(I)cc1)CC2. The van der Waals surface area contributed by atoms with Crippen molar-refractivity contribution in [3.05, 3.63) is 68.7 Å². The summed E-state index contributed by atoms with van der Waals surface area (Å²) in [5.41, 5.74) is 3.78. The number of nitrogens with zero attached hydrogens (tertiary/aromatic N) is 1. The third-order valence-electron chi connectivity index (χ3n) is 6.27. The molecule has 2 N–H and O–H groups in total. The molecule has 2 aromatic carbocycles. The monoisotopic (exact) mass is 548 g/mol. The smallest absolute Gasteiger partial charge is 0.326 e. The second-order valence-corrected chi connectivity index (χ2v) is 9.60. The van der Waals surface area contributed by atoms with Crippen LogP contribution in [0.5, 0.6) is 0 Å². The summed E-state index contributed by atoms with van der Waals surface area (Å²) >= 11 is 2.26. The van der Waals surface area contributed by atoms with Gasteiger partial charge in [-0.15, -0.1) is 0 Å². The molecule has 2 unspecified atom stereocenters. The van der Waals surface area contributed by atoms with Crippen molar-refractivity contribution >= 4 is 45.4 Å². The van der Waals surface area contributed by atoms with E-state index in [1.807, 2.05) is 35.8 Å². The highest BCUT2D eigenvalue weighted by Gasteiger charge is 2.30. The predicted octanol–water partition coefficient (Wildman–Crippen LogP) is 5.03. The molecule has 1 amide bonds. The Kier molecular flexibility index (Phi) is 6.83. The van der Waals surface area contributed by atoms with E-state index >= 15 is 0 Å². The number of carbonyl (C=O) groups is 2. The van der Waals surface area contributed by atoms with Gasteiger partial charge in [0.1, 0.15) is 11.9 Å². The second kappa shape index (κ2) is 9.60. The van der Waals surface area contributed by atoms with E-state index in [4.69, 9.17) is 0 Å². The zero-order valence-electron chi connectivity index (χ0n) is 17.9. The van der Waals surface area contributed by atoms with E-state index in [1.165, 1.54) is 12.1 Å². The first-order valence-corrected chi connectivity index (χ1v) is 12.0. The van der Waals surface area contributed by atoms with Gasteiger partial charge >= 0.3 is 5.97 Å². The van der Waals surface area contributed by atoms with Crippen molar-refractivity contribution in [1.82, 2.24) is 9.88 Å². The van der Waals surface area contributed by atoms with Crippen molar-refractivity contribution in [2.75, 3.05) is 0 Å². The molecular formula is C25H26FIN2O3. The van der Waals surface area contributed by atoms with Crippen molar-refractivity contribution in [2.24, 2.45) is 0 Å². The third-order valence-corrected chi connectivity index (χ3v) is 6.98. The Morgan fingerprint density at radius 3 is 2.69 bits per heavy atom. The second-order valence-electron chi connectivity index (χ2n) is 8.35. The molecule has 0 radical (unpaired) electrons. The average Bonchev–Trinajstić information content (AvgIpc) is 3.07. The number of carboxylic acid groups (broad SMARTS) is 1. The van der Waals surface area contributed by atoms with Gasteiger partial charge in [-0.1, -0.05) is 19.1 Å². The van der Waals surface area contributed by atoms with E-state index < -0.39 is 12.0 Å². The number of halogens is 2. The summed E-state index contributed by atoms with van der Waals surface area (Å²) in [6.07, 6.45) is 3.50. The van der Waals surface area contributed by atoms with Gasteiger partial charge in [0, 0.05) is 32.6 Å². The summed E-state index contributed by atoms with van der Waals surface area (Å²) in [6.45, 7) is 1.85. The predicted molar refractivity (Wildman–Crippen MR) is 130 cm³/mol. The van der Waals surface area contributed by atoms with Crippen LogP contribution < -0.4 is 5.32 Å². The molecular weight excluding hydrogens is 522 g/mol. The molecule has 0 fully saturated rings. The normalized spacial score (nSPS) is 16.5. The first-order chi connectivity index (χ1) is 15.4. The molecule has 7 heteroatoms. The third kappa shape index (κ3) is 4.67. The number of benzene rings is 2. The maximum atomic E-state index is 14.1. The number of hydrogen-bond donors (Lipinski definition) is 2. The van der Waals surface area contributed by atoms with E-state index in [0.29, 0.717) is 32.1 Å². The Morgan fingerprint density at radius 2 is 2.00 bits per heavy atom. The number of aromatic nitrogens is 1. The van der Waals surface area contributed by atoms with Crippen LogP contribution in [-0.4, -0.2) is 27.6 Å². The zero-order chi connectivity index (χ0) is 22.8. The summed E-state index contributed by atoms with van der Waals surface area (Å²) in [6, 6.07) is 11.9. The van der Waals surface area contributed by atoms with E-state index in [2.05, 4.69) is 27.9 Å². The summed E-state index contributed by atoms with van der Waals surface area (Å²) in [5.74, 6) is -1.23. The van der Waals surface area contributed by atoms with Crippen LogP contribution in [0.3, 0.4) is 0 Å². The lowest BCUT2D eigenvalue weighted by molar-refractivity contribution is -0.141. The highest BCUT2D eigenvalue weighted by molar-refractivity contribution is 14.1. The molecule has 2 atom stereocenters. The maximum absolute atomic E-state index is 14.1. The van der Waals surface area contributed by atoms with Gasteiger partial charge in [0.2, 0.25) is 5.91 Å². The van der Waals surface area contributed by atoms with Crippen molar-refractivity contribution in [2.45, 2.75) is 57.5 Å². The molecule has 0 bridgehead atoms. The number of hydrogen-bond acceptors (Lipinski definition) is 2. The fourth-order valence-electron chi connectivity index (χ4n) is 4.72. The quantitative estimate of drug-likeness (QED) is 0.407. The van der Waals surface area contributed by atoms with Gasteiger partial charge < -0.3 is 15.0 Å². The highest BCUT2D eigenvalue weighted by Crippen LogP contribution is 2.36. The fraction of sp³-hybridized carbons (Fsp3) is 0.360. The molecule has 1 aliphatic rings. The molecule has 0 spiro atoms. The van der Waals surface area contributed by atoms with Gasteiger partial charge in [0.15, 0.2) is 0 Å². The fourth-order valence-corrected chi connectivity index (χ4v) is 5.08. The number of nitrogens with one attached hydrogen (secondary N) is 1. The average molecular weight is 548 g/mol. The Balaban J connectivity index is 1.53. The Labute approximate surface area is 200 Å². The summed E-state index contributed by atoms with van der Waals surface area (Å²) in [7, 11) is 0. The van der Waals surface area contributed by atoms with Crippen LogP contribution in [0.1, 0.15) is 49.0 Å². The van der Waals surface area contributed by atoms with Gasteiger partial charge in [0.25, 0.3) is 0 Å². The van der Waals surface area contributed by atoms with Crippen molar-refractivity contribution < 1.29 is 19.1 Å². The van der Waals surface area contributed by atoms with Crippen LogP contribution in [-0.2, 0) is 28.9 Å². The zero-order valence-corrected chi connectivity index (χ0v) is 20.1. The van der Waals surface area contributed by atoms with Crippen LogP contribution in [0.15, 0.2) is 42.5 Å². The first-order valence-electron chi connectivity index (χ1n) is 10.9. The number of aryl methyl sites for hydroxylation is 1. The maximum Gasteiger partial charge on any atom is 0.326 e. The molecule has 32 heavy (non-hydrogen) atoms. The Bertz CT molecular complexity index is 1160. The minimum Gasteiger partial charge on any atom is -0.480 e. The molecule has 0 saturated carbocycles. The van der Waals surface area contributed by atoms with Crippen LogP contribution in [0.25, 0.3) is 10.9 Å². The van der Waals surface area contributed by atoms with E-state index in [9.17, 15) is 19.1 Å². The van der Waals surface area contributed by atoms with Gasteiger partial charge in [-0.05, 0) is 96.2 Å². The van der Waals surface area contributed by atoms with Crippen molar-refractivity contribution in [1.29, 1.82) is 0 Å². The number of fused-ring (bicyclic) bond motifs is 3. The van der Waals surface area contributed by atoms with Crippen LogP contribution >= 0.6 is 22.6 Å². The lowest BCUT2D eigenvalue weighted by atomic mass is 9.91. The molecule has 3 aromatic rings. The molecule has 1 aromatic heterocycles. The van der Waals surface area contributed by atoms with Crippen LogP contribution in [0.4, 0.5) is 4.39 Å². The van der Waals surface area contributed by atoms with E-state index in [0.717, 1.165) is 37.7 Å². The molecule has 4 rings (SSSR count). The number of amides is 1. The van der Waals surface area contributed by atoms with Gasteiger partial charge in [-0.25, -0.2) is 9.18 Å². The Hall–Kier alpha value is -2.42. The molecule has 1 heterocycles. The minimum atomic E-state index is -0.887. The topological polar surface area (TPSA) is 71.3 Å². The van der Waals surface area contributed by atoms with E-state index in [1.54, 1.807) is 6.07 Å². The van der Waals surface area contributed by atoms with Crippen molar-refractivity contribution in [3.63, 3.8) is 0 Å². The molecule has 0 saturated heterocycles. The van der Waals surface area contributed by atoms with Crippen LogP contribution in [0.2, 0.25) is 0 Å². The van der Waals surface area contributed by atoms with Gasteiger partial charge in [-0.2, -0.15) is 0 Å². The lowest BCUT2D eigenvalue weighted by Gasteiger charge is -2.26. The standard InChI is InChI=1S/C25H26FIN2O3/c1-2-21(25(31)32)29-22-10-6-16(26)13-19(22)20-14-18(9-11-23(20)29)28-24(30)12-5-15-3-7-17(27)8-4-15/h3-4,6-8,10,13,18,21H,2,5,9,11-12,14H2,1H3,(H,28,30)(H,31,32). The molecule has 0 aliphatic heterocycles. The number of carbonyl (C=O) groups excluding carboxylic acids is 1. The number of rotatable bonds is 7. The minimum absolute atomic E-state index is 0.00360. The lowest BCUT2D eigenvalue weighted by Crippen LogP contribution is -2.39. The molecule has 1 aliphatic carbocycles. The van der Waals surface area contributed by atoms with E-state index in [-0.39, 0.29) is 17.8 Å². The largest absolute Gasteiger partial charge is 0.480 e. The van der Waals surface area contributed by atoms with Gasteiger partial charge in [-0.3, -0.25) is 4.79 Å².